The maximum Gasteiger partial charge on any atom is 0.333 e. The van der Waals surface area contributed by atoms with Crippen LogP contribution in [0.2, 0.25) is 0 Å². The molecular formula is C37H48O5. The van der Waals surface area contributed by atoms with Crippen LogP contribution in [-0.2, 0) is 28.8 Å². The molecule has 0 bridgehead atoms. The third-order valence-electron chi connectivity index (χ3n) is 7.83. The van der Waals surface area contributed by atoms with Crippen molar-refractivity contribution in [3.05, 3.63) is 89.5 Å². The lowest BCUT2D eigenvalue weighted by Gasteiger charge is -2.17. The van der Waals surface area contributed by atoms with Crippen molar-refractivity contribution in [3.63, 3.8) is 0 Å². The highest BCUT2D eigenvalue weighted by Gasteiger charge is 2.14. The molecule has 0 amide bonds. The van der Waals surface area contributed by atoms with Gasteiger partial charge in [-0.05, 0) is 83.2 Å². The number of unbranched alkanes of at least 4 members (excludes halogenated alkanes) is 2. The van der Waals surface area contributed by atoms with Crippen molar-refractivity contribution in [3.8, 4) is 28.0 Å². The van der Waals surface area contributed by atoms with Crippen molar-refractivity contribution >= 4 is 5.97 Å². The third kappa shape index (κ3) is 9.57. The summed E-state index contributed by atoms with van der Waals surface area (Å²) < 4.78 is 11.5. The molecule has 5 nitrogen and oxygen atoms in total. The van der Waals surface area contributed by atoms with Crippen LogP contribution in [0.1, 0.15) is 69.6 Å². The summed E-state index contributed by atoms with van der Waals surface area (Å²) in [4.78, 5) is 12.2. The Bertz CT molecular complexity index is 1270. The first-order valence-electron chi connectivity index (χ1n) is 15.5. The van der Waals surface area contributed by atoms with Gasteiger partial charge in [-0.2, -0.15) is 0 Å². The minimum atomic E-state index is -0.372. The number of carbonyl (C=O) groups excluding carboxylic acids is 1. The second-order valence-electron chi connectivity index (χ2n) is 10.9. The van der Waals surface area contributed by atoms with Gasteiger partial charge < -0.3 is 19.7 Å². The van der Waals surface area contributed by atoms with E-state index in [1.807, 2.05) is 13.0 Å². The minimum absolute atomic E-state index is 0.0815. The summed E-state index contributed by atoms with van der Waals surface area (Å²) in [5.41, 5.74) is 8.73. The molecule has 3 rings (SSSR count). The van der Waals surface area contributed by atoms with E-state index in [1.54, 1.807) is 0 Å². The second kappa shape index (κ2) is 17.5. The van der Waals surface area contributed by atoms with Crippen LogP contribution in [0.5, 0.6) is 5.75 Å². The molecule has 0 saturated carbocycles. The number of aryl methyl sites for hydroxylation is 2. The Morgan fingerprint density at radius 3 is 2.17 bits per heavy atom. The van der Waals surface area contributed by atoms with Crippen molar-refractivity contribution in [1.29, 1.82) is 0 Å². The van der Waals surface area contributed by atoms with E-state index in [9.17, 15) is 15.0 Å². The Labute approximate surface area is 252 Å². The molecule has 2 N–H and O–H groups in total. The Balaban J connectivity index is 1.83. The summed E-state index contributed by atoms with van der Waals surface area (Å²) in [5, 5.41) is 18.8. The highest BCUT2D eigenvalue weighted by Crippen LogP contribution is 2.33. The maximum atomic E-state index is 12.2. The van der Waals surface area contributed by atoms with E-state index in [0.717, 1.165) is 24.0 Å². The number of hydrogen-bond acceptors (Lipinski definition) is 5. The first-order valence-corrected chi connectivity index (χ1v) is 15.5. The standard InChI is InChI=1S/C37H48O5/c1-5-8-9-10-28-11-13-31(14-12-28)32-15-17-35(30(7-3)23-32)33-16-18-36(41-21-19-29(25-38)26-39)34(24-33)20-22-42-37(40)27(4)6-2/h11-18,23-24,29,38-39H,4-10,19-22,25-26H2,1-3H3. The zero-order chi connectivity index (χ0) is 30.3. The normalized spacial score (nSPS) is 11.1. The molecule has 0 saturated heterocycles. The Kier molecular flexibility index (Phi) is 13.8. The lowest BCUT2D eigenvalue weighted by molar-refractivity contribution is -0.139. The van der Waals surface area contributed by atoms with Crippen LogP contribution in [-0.4, -0.2) is 42.6 Å². The maximum absolute atomic E-state index is 12.2. The molecule has 0 aliphatic carbocycles. The van der Waals surface area contributed by atoms with Crippen LogP contribution >= 0.6 is 0 Å². The van der Waals surface area contributed by atoms with E-state index in [4.69, 9.17) is 9.47 Å². The first kappa shape index (κ1) is 33.1. The summed E-state index contributed by atoms with van der Waals surface area (Å²) in [7, 11) is 0. The Hall–Kier alpha value is -3.41. The van der Waals surface area contributed by atoms with E-state index in [1.165, 1.54) is 47.1 Å². The zero-order valence-electron chi connectivity index (χ0n) is 25.7. The summed E-state index contributed by atoms with van der Waals surface area (Å²) in [5.74, 6) is 0.131. The number of benzene rings is 3. The third-order valence-corrected chi connectivity index (χ3v) is 7.83. The first-order chi connectivity index (χ1) is 20.4. The van der Waals surface area contributed by atoms with E-state index in [2.05, 4.69) is 75.0 Å². The summed E-state index contributed by atoms with van der Waals surface area (Å²) >= 11 is 0. The fraction of sp³-hybridized carbons (Fsp3) is 0.432. The molecule has 0 spiro atoms. The number of esters is 1. The van der Waals surface area contributed by atoms with E-state index in [-0.39, 0.29) is 31.7 Å². The Morgan fingerprint density at radius 1 is 0.810 bits per heavy atom. The predicted molar refractivity (Wildman–Crippen MR) is 172 cm³/mol. The zero-order valence-corrected chi connectivity index (χ0v) is 25.7. The molecule has 0 atom stereocenters. The average Bonchev–Trinajstić information content (AvgIpc) is 3.03. The average molecular weight is 573 g/mol. The molecule has 0 aliphatic rings. The monoisotopic (exact) mass is 572 g/mol. The number of aliphatic hydroxyl groups excluding tert-OH is 2. The van der Waals surface area contributed by atoms with Crippen LogP contribution in [0.25, 0.3) is 22.3 Å². The molecule has 0 heterocycles. The molecule has 226 valence electrons. The molecule has 3 aromatic carbocycles. The summed E-state index contributed by atoms with van der Waals surface area (Å²) in [6, 6.07) is 21.8. The van der Waals surface area contributed by atoms with Gasteiger partial charge in [-0.25, -0.2) is 4.79 Å². The van der Waals surface area contributed by atoms with E-state index < -0.39 is 0 Å². The van der Waals surface area contributed by atoms with Crippen LogP contribution in [0.4, 0.5) is 0 Å². The predicted octanol–water partition coefficient (Wildman–Crippen LogP) is 7.74. The van der Waals surface area contributed by atoms with Crippen molar-refractivity contribution in [1.82, 2.24) is 0 Å². The van der Waals surface area contributed by atoms with Gasteiger partial charge >= 0.3 is 5.97 Å². The lowest BCUT2D eigenvalue weighted by Crippen LogP contribution is -2.15. The highest BCUT2D eigenvalue weighted by atomic mass is 16.5. The second-order valence-corrected chi connectivity index (χ2v) is 10.9. The van der Waals surface area contributed by atoms with Crippen molar-refractivity contribution in [2.24, 2.45) is 5.92 Å². The van der Waals surface area contributed by atoms with Gasteiger partial charge in [0.05, 0.1) is 13.2 Å². The smallest absolute Gasteiger partial charge is 0.333 e. The summed E-state index contributed by atoms with van der Waals surface area (Å²) in [6.07, 6.45) is 7.36. The van der Waals surface area contributed by atoms with Crippen molar-refractivity contribution in [2.45, 2.75) is 72.1 Å². The van der Waals surface area contributed by atoms with Gasteiger partial charge in [0, 0.05) is 31.1 Å². The van der Waals surface area contributed by atoms with Gasteiger partial charge in [0.15, 0.2) is 0 Å². The fourth-order valence-electron chi connectivity index (χ4n) is 4.95. The van der Waals surface area contributed by atoms with Crippen LogP contribution in [0, 0.1) is 5.92 Å². The SMILES string of the molecule is C=C(CC)C(=O)OCCc1cc(-c2ccc(-c3ccc(CCCCC)cc3)cc2CC)ccc1OCCC(CO)CO. The van der Waals surface area contributed by atoms with Gasteiger partial charge in [-0.15, -0.1) is 0 Å². The van der Waals surface area contributed by atoms with Gasteiger partial charge in [0.25, 0.3) is 0 Å². The van der Waals surface area contributed by atoms with Crippen LogP contribution in [0.3, 0.4) is 0 Å². The van der Waals surface area contributed by atoms with Gasteiger partial charge in [0.2, 0.25) is 0 Å². The lowest BCUT2D eigenvalue weighted by atomic mass is 9.92. The molecule has 42 heavy (non-hydrogen) atoms. The van der Waals surface area contributed by atoms with Gasteiger partial charge in [-0.3, -0.25) is 0 Å². The van der Waals surface area contributed by atoms with E-state index in [0.29, 0.717) is 37.2 Å². The highest BCUT2D eigenvalue weighted by molar-refractivity contribution is 5.87. The van der Waals surface area contributed by atoms with Crippen molar-refractivity contribution in [2.75, 3.05) is 26.4 Å². The molecule has 0 unspecified atom stereocenters. The van der Waals surface area contributed by atoms with Gasteiger partial charge in [0.1, 0.15) is 5.75 Å². The molecular weight excluding hydrogens is 524 g/mol. The molecule has 3 aromatic rings. The number of hydrogen-bond donors (Lipinski definition) is 2. The topological polar surface area (TPSA) is 76.0 Å². The molecule has 0 aliphatic heterocycles. The Morgan fingerprint density at radius 2 is 1.50 bits per heavy atom. The van der Waals surface area contributed by atoms with E-state index >= 15 is 0 Å². The van der Waals surface area contributed by atoms with Gasteiger partial charge in [-0.1, -0.05) is 88.7 Å². The summed E-state index contributed by atoms with van der Waals surface area (Å²) in [6.45, 7) is 10.5. The molecule has 0 fully saturated rings. The minimum Gasteiger partial charge on any atom is -0.493 e. The van der Waals surface area contributed by atoms with Crippen molar-refractivity contribution < 1.29 is 24.5 Å². The van der Waals surface area contributed by atoms with Crippen LogP contribution < -0.4 is 4.74 Å². The quantitative estimate of drug-likeness (QED) is 0.0926. The largest absolute Gasteiger partial charge is 0.493 e. The number of ether oxygens (including phenoxy) is 2. The molecule has 0 aromatic heterocycles. The van der Waals surface area contributed by atoms with Crippen LogP contribution in [0.15, 0.2) is 72.8 Å². The molecule has 5 heteroatoms. The number of carbonyl (C=O) groups is 1. The molecule has 0 radical (unpaired) electrons. The number of aliphatic hydroxyl groups is 2. The number of rotatable bonds is 18. The fourth-order valence-corrected chi connectivity index (χ4v) is 4.95.